The van der Waals surface area contributed by atoms with E-state index in [1.165, 1.54) is 57.8 Å². The molecule has 9 atom stereocenters. The van der Waals surface area contributed by atoms with Crippen molar-refractivity contribution < 1.29 is 5.11 Å². The molecule has 0 aromatic carbocycles. The molecule has 0 saturated heterocycles. The van der Waals surface area contributed by atoms with E-state index in [1.54, 1.807) is 0 Å². The predicted molar refractivity (Wildman–Crippen MR) is 128 cm³/mol. The molecule has 0 amide bonds. The van der Waals surface area contributed by atoms with Crippen molar-refractivity contribution in [3.05, 3.63) is 0 Å². The molecule has 1 N–H and O–H groups in total. The highest BCUT2D eigenvalue weighted by Crippen LogP contribution is 2.68. The van der Waals surface area contributed by atoms with Crippen LogP contribution in [0.15, 0.2) is 0 Å². The van der Waals surface area contributed by atoms with E-state index < -0.39 is 0 Å². The Bertz CT molecular complexity index is 607. The molecule has 0 radical (unpaired) electrons. The monoisotopic (exact) mass is 416 g/mol. The fraction of sp³-hybridized carbons (Fsp3) is 1.00. The van der Waals surface area contributed by atoms with Crippen molar-refractivity contribution in [3.8, 4) is 0 Å². The van der Waals surface area contributed by atoms with E-state index in [2.05, 4.69) is 48.5 Å². The van der Waals surface area contributed by atoms with Gasteiger partial charge in [0.25, 0.3) is 0 Å². The van der Waals surface area contributed by atoms with E-state index in [-0.39, 0.29) is 6.10 Å². The average Bonchev–Trinajstić information content (AvgIpc) is 3.04. The van der Waals surface area contributed by atoms with E-state index in [0.29, 0.717) is 16.2 Å². The van der Waals surface area contributed by atoms with Gasteiger partial charge in [-0.3, -0.25) is 0 Å². The molecule has 0 aromatic heterocycles. The first kappa shape index (κ1) is 23.1. The van der Waals surface area contributed by atoms with Crippen LogP contribution >= 0.6 is 0 Å². The number of rotatable bonds is 5. The summed E-state index contributed by atoms with van der Waals surface area (Å²) in [5.74, 6) is 6.29. The largest absolute Gasteiger partial charge is 0.393 e. The summed E-state index contributed by atoms with van der Waals surface area (Å²) < 4.78 is 0. The van der Waals surface area contributed by atoms with E-state index >= 15 is 0 Å². The second kappa shape index (κ2) is 8.07. The van der Waals surface area contributed by atoms with Crippen LogP contribution in [0.3, 0.4) is 0 Å². The third kappa shape index (κ3) is 3.72. The van der Waals surface area contributed by atoms with Gasteiger partial charge in [0.2, 0.25) is 0 Å². The molecule has 1 heteroatoms. The lowest BCUT2D eigenvalue weighted by atomic mass is 9.44. The van der Waals surface area contributed by atoms with E-state index in [1.807, 2.05) is 0 Å². The molecule has 4 rings (SSSR count). The van der Waals surface area contributed by atoms with Gasteiger partial charge >= 0.3 is 0 Å². The molecule has 0 aliphatic heterocycles. The molecule has 4 fully saturated rings. The SMILES string of the molecule is CC(C)C(C)(C)CC[C@@H](C)[C@H]1CC[C@H]2[C@@H]3CC[C@@H]4C[C@@H](O)CC[C@]4(C)[C@H]3CC[C@]12C. The summed E-state index contributed by atoms with van der Waals surface area (Å²) in [5.41, 5.74) is 1.59. The van der Waals surface area contributed by atoms with Gasteiger partial charge < -0.3 is 5.11 Å². The Morgan fingerprint density at radius 1 is 0.867 bits per heavy atom. The van der Waals surface area contributed by atoms with Crippen LogP contribution < -0.4 is 0 Å². The minimum atomic E-state index is -0.0136. The summed E-state index contributed by atoms with van der Waals surface area (Å²) in [5, 5.41) is 10.3. The lowest BCUT2D eigenvalue weighted by Gasteiger charge is -2.61. The highest BCUT2D eigenvalue weighted by Gasteiger charge is 2.60. The molecule has 1 nitrogen and oxygen atoms in total. The predicted octanol–water partition coefficient (Wildman–Crippen LogP) is 8.10. The highest BCUT2D eigenvalue weighted by molar-refractivity contribution is 5.09. The number of fused-ring (bicyclic) bond motifs is 5. The van der Waals surface area contributed by atoms with Gasteiger partial charge in [0, 0.05) is 0 Å². The van der Waals surface area contributed by atoms with Crippen LogP contribution in [0.25, 0.3) is 0 Å². The summed E-state index contributed by atoms with van der Waals surface area (Å²) in [6.45, 7) is 17.7. The molecule has 4 saturated carbocycles. The van der Waals surface area contributed by atoms with Crippen LogP contribution in [0.1, 0.15) is 119 Å². The van der Waals surface area contributed by atoms with Gasteiger partial charge in [-0.2, -0.15) is 0 Å². The maximum atomic E-state index is 10.3. The summed E-state index contributed by atoms with van der Waals surface area (Å²) >= 11 is 0. The van der Waals surface area contributed by atoms with Crippen LogP contribution in [0, 0.1) is 57.7 Å². The van der Waals surface area contributed by atoms with Crippen LogP contribution in [-0.4, -0.2) is 11.2 Å². The second-order valence-electron chi connectivity index (χ2n) is 14.0. The normalized spacial score (nSPS) is 47.5. The molecule has 0 spiro atoms. The fourth-order valence-electron chi connectivity index (χ4n) is 9.30. The van der Waals surface area contributed by atoms with Gasteiger partial charge in [-0.05, 0) is 128 Å². The van der Waals surface area contributed by atoms with Crippen LogP contribution in [-0.2, 0) is 0 Å². The Hall–Kier alpha value is -0.0400. The molecule has 30 heavy (non-hydrogen) atoms. The Labute approximate surface area is 188 Å². The first-order valence-corrected chi connectivity index (χ1v) is 13.7. The standard InChI is InChI=1S/C29H52O/c1-19(2)27(4,5)15-12-20(3)24-10-11-25-23-9-8-21-18-22(30)13-16-28(21,6)26(23)14-17-29(24,25)7/h19-26,30H,8-18H2,1-7H3/t20-,21-,22+,23+,24-,25+,26+,28+,29-/m1/s1. The maximum Gasteiger partial charge on any atom is 0.0543 e. The van der Waals surface area contributed by atoms with E-state index in [4.69, 9.17) is 0 Å². The molecular weight excluding hydrogens is 364 g/mol. The van der Waals surface area contributed by atoms with Crippen molar-refractivity contribution in [2.24, 2.45) is 57.7 Å². The Kier molecular flexibility index (Phi) is 6.22. The first-order valence-electron chi connectivity index (χ1n) is 13.7. The second-order valence-corrected chi connectivity index (χ2v) is 14.0. The molecular formula is C29H52O. The number of aliphatic hydroxyl groups is 1. The Morgan fingerprint density at radius 2 is 1.53 bits per heavy atom. The van der Waals surface area contributed by atoms with Gasteiger partial charge in [0.1, 0.15) is 0 Å². The lowest BCUT2D eigenvalue weighted by Crippen LogP contribution is -2.54. The van der Waals surface area contributed by atoms with Crippen LogP contribution in [0.5, 0.6) is 0 Å². The maximum absolute atomic E-state index is 10.3. The molecule has 0 heterocycles. The third-order valence-corrected chi connectivity index (χ3v) is 12.2. The molecule has 4 aliphatic rings. The van der Waals surface area contributed by atoms with Crippen molar-refractivity contribution in [1.29, 1.82) is 0 Å². The summed E-state index contributed by atoms with van der Waals surface area (Å²) in [6, 6.07) is 0. The Morgan fingerprint density at radius 3 is 2.23 bits per heavy atom. The number of aliphatic hydroxyl groups excluding tert-OH is 1. The smallest absolute Gasteiger partial charge is 0.0543 e. The van der Waals surface area contributed by atoms with E-state index in [9.17, 15) is 5.11 Å². The summed E-state index contributed by atoms with van der Waals surface area (Å²) in [6.07, 6.45) is 15.0. The van der Waals surface area contributed by atoms with Crippen LogP contribution in [0.2, 0.25) is 0 Å². The average molecular weight is 417 g/mol. The van der Waals surface area contributed by atoms with Crippen molar-refractivity contribution in [2.45, 2.75) is 125 Å². The van der Waals surface area contributed by atoms with Crippen molar-refractivity contribution in [2.75, 3.05) is 0 Å². The van der Waals surface area contributed by atoms with Gasteiger partial charge in [-0.1, -0.05) is 48.5 Å². The molecule has 4 aliphatic carbocycles. The number of hydrogen-bond acceptors (Lipinski definition) is 1. The van der Waals surface area contributed by atoms with Gasteiger partial charge in [-0.25, -0.2) is 0 Å². The summed E-state index contributed by atoms with van der Waals surface area (Å²) in [4.78, 5) is 0. The molecule has 174 valence electrons. The third-order valence-electron chi connectivity index (χ3n) is 12.2. The van der Waals surface area contributed by atoms with Gasteiger partial charge in [0.05, 0.1) is 6.10 Å². The fourth-order valence-corrected chi connectivity index (χ4v) is 9.30. The van der Waals surface area contributed by atoms with Crippen molar-refractivity contribution in [1.82, 2.24) is 0 Å². The topological polar surface area (TPSA) is 20.2 Å². The quantitative estimate of drug-likeness (QED) is 0.480. The van der Waals surface area contributed by atoms with E-state index in [0.717, 1.165) is 54.3 Å². The summed E-state index contributed by atoms with van der Waals surface area (Å²) in [7, 11) is 0. The minimum absolute atomic E-state index is 0.0136. The number of hydrogen-bond donors (Lipinski definition) is 1. The lowest BCUT2D eigenvalue weighted by molar-refractivity contribution is -0.129. The molecule has 0 bridgehead atoms. The minimum Gasteiger partial charge on any atom is -0.393 e. The molecule has 0 unspecified atom stereocenters. The zero-order valence-electron chi connectivity index (χ0n) is 21.3. The first-order chi connectivity index (χ1) is 14.0. The van der Waals surface area contributed by atoms with Crippen LogP contribution in [0.4, 0.5) is 0 Å². The van der Waals surface area contributed by atoms with Gasteiger partial charge in [-0.15, -0.1) is 0 Å². The molecule has 0 aromatic rings. The van der Waals surface area contributed by atoms with Gasteiger partial charge in [0.15, 0.2) is 0 Å². The zero-order valence-corrected chi connectivity index (χ0v) is 21.3. The van der Waals surface area contributed by atoms with Crippen molar-refractivity contribution >= 4 is 0 Å². The zero-order chi connectivity index (χ0) is 21.9. The van der Waals surface area contributed by atoms with Crippen molar-refractivity contribution in [3.63, 3.8) is 0 Å². The highest BCUT2D eigenvalue weighted by atomic mass is 16.3. The Balaban J connectivity index is 1.46.